The minimum absolute atomic E-state index is 0.238. The van der Waals surface area contributed by atoms with Gasteiger partial charge >= 0.3 is 6.01 Å². The second kappa shape index (κ2) is 8.70. The van der Waals surface area contributed by atoms with Gasteiger partial charge in [-0.15, -0.1) is 0 Å². The Kier molecular flexibility index (Phi) is 5.65. The van der Waals surface area contributed by atoms with Crippen LogP contribution in [0.1, 0.15) is 22.8 Å². The Morgan fingerprint density at radius 2 is 1.94 bits per heavy atom. The molecule has 158 valence electrons. The van der Waals surface area contributed by atoms with Gasteiger partial charge in [-0.2, -0.15) is 9.97 Å². The van der Waals surface area contributed by atoms with Crippen LogP contribution in [0, 0.1) is 0 Å². The van der Waals surface area contributed by atoms with Gasteiger partial charge in [0, 0.05) is 6.54 Å². The van der Waals surface area contributed by atoms with E-state index in [2.05, 4.69) is 20.3 Å². The van der Waals surface area contributed by atoms with Crippen molar-refractivity contribution >= 4 is 22.8 Å². The SMILES string of the molecule is CCOc1cnc(-n2c(OC)nc3c(C(N)=O)cccc32)nc1NCc1ccccc1. The lowest BCUT2D eigenvalue weighted by Gasteiger charge is -2.13. The van der Waals surface area contributed by atoms with Crippen LogP contribution < -0.4 is 20.5 Å². The highest BCUT2D eigenvalue weighted by molar-refractivity contribution is 6.04. The average Bonchev–Trinajstić information content (AvgIpc) is 3.18. The van der Waals surface area contributed by atoms with E-state index in [0.29, 0.717) is 47.3 Å². The molecule has 0 aliphatic carbocycles. The zero-order chi connectivity index (χ0) is 21.8. The monoisotopic (exact) mass is 418 g/mol. The van der Waals surface area contributed by atoms with Crippen LogP contribution in [-0.4, -0.2) is 39.1 Å². The predicted molar refractivity (Wildman–Crippen MR) is 117 cm³/mol. The third-order valence-corrected chi connectivity index (χ3v) is 4.65. The van der Waals surface area contributed by atoms with Gasteiger partial charge in [-0.1, -0.05) is 36.4 Å². The maximum atomic E-state index is 11.8. The molecular formula is C22H22N6O3. The van der Waals surface area contributed by atoms with Crippen LogP contribution in [0.3, 0.4) is 0 Å². The smallest absolute Gasteiger partial charge is 0.304 e. The molecule has 9 nitrogen and oxygen atoms in total. The molecule has 2 aromatic carbocycles. The quantitative estimate of drug-likeness (QED) is 0.452. The Hall–Kier alpha value is -4.14. The largest absolute Gasteiger partial charge is 0.488 e. The molecule has 1 amide bonds. The van der Waals surface area contributed by atoms with Crippen LogP contribution in [0.5, 0.6) is 11.8 Å². The lowest BCUT2D eigenvalue weighted by molar-refractivity contribution is 0.100. The number of rotatable bonds is 8. The van der Waals surface area contributed by atoms with E-state index < -0.39 is 5.91 Å². The highest BCUT2D eigenvalue weighted by Crippen LogP contribution is 2.29. The van der Waals surface area contributed by atoms with Crippen molar-refractivity contribution in [1.82, 2.24) is 19.5 Å². The number of anilines is 1. The molecule has 4 rings (SSSR count). The maximum absolute atomic E-state index is 11.8. The molecule has 31 heavy (non-hydrogen) atoms. The molecule has 3 N–H and O–H groups in total. The molecule has 9 heteroatoms. The summed E-state index contributed by atoms with van der Waals surface area (Å²) < 4.78 is 12.8. The van der Waals surface area contributed by atoms with E-state index in [9.17, 15) is 4.79 Å². The Morgan fingerprint density at radius 3 is 2.65 bits per heavy atom. The zero-order valence-corrected chi connectivity index (χ0v) is 17.2. The number of benzene rings is 2. The Morgan fingerprint density at radius 1 is 1.13 bits per heavy atom. The fourth-order valence-electron chi connectivity index (χ4n) is 3.25. The number of nitrogens with zero attached hydrogens (tertiary/aromatic N) is 4. The highest BCUT2D eigenvalue weighted by atomic mass is 16.5. The summed E-state index contributed by atoms with van der Waals surface area (Å²) in [6.45, 7) is 2.93. The fraction of sp³-hybridized carbons (Fsp3) is 0.182. The van der Waals surface area contributed by atoms with Crippen molar-refractivity contribution in [1.29, 1.82) is 0 Å². The van der Waals surface area contributed by atoms with Crippen LogP contribution in [0.15, 0.2) is 54.7 Å². The van der Waals surface area contributed by atoms with Gasteiger partial charge in [-0.3, -0.25) is 4.79 Å². The molecule has 0 fully saturated rings. The number of fused-ring (bicyclic) bond motifs is 1. The van der Waals surface area contributed by atoms with Gasteiger partial charge in [-0.05, 0) is 24.6 Å². The van der Waals surface area contributed by atoms with Gasteiger partial charge in [0.05, 0.1) is 31.0 Å². The summed E-state index contributed by atoms with van der Waals surface area (Å²) in [6, 6.07) is 15.3. The van der Waals surface area contributed by atoms with Crippen molar-refractivity contribution in [3.8, 4) is 17.7 Å². The summed E-state index contributed by atoms with van der Waals surface area (Å²) in [5, 5.41) is 3.31. The van der Waals surface area contributed by atoms with E-state index in [-0.39, 0.29) is 6.01 Å². The molecule has 2 heterocycles. The molecule has 2 aromatic heterocycles. The molecule has 0 radical (unpaired) electrons. The van der Waals surface area contributed by atoms with Crippen LogP contribution in [0.4, 0.5) is 5.82 Å². The zero-order valence-electron chi connectivity index (χ0n) is 17.2. The number of ether oxygens (including phenoxy) is 2. The summed E-state index contributed by atoms with van der Waals surface area (Å²) in [7, 11) is 1.49. The standard InChI is InChI=1S/C22H22N6O3/c1-3-31-17-13-25-21(27-20(17)24-12-14-8-5-4-6-9-14)28-16-11-7-10-15(19(23)29)18(16)26-22(28)30-2/h4-11,13H,3,12H2,1-2H3,(H2,23,29)(H,24,25,27). The lowest BCUT2D eigenvalue weighted by atomic mass is 10.2. The molecule has 4 aromatic rings. The number of imidazole rings is 1. The number of hydrogen-bond donors (Lipinski definition) is 2. The minimum Gasteiger partial charge on any atom is -0.488 e. The van der Waals surface area contributed by atoms with Crippen molar-refractivity contribution in [2.75, 3.05) is 19.0 Å². The molecular weight excluding hydrogens is 396 g/mol. The van der Waals surface area contributed by atoms with Crippen molar-refractivity contribution in [2.45, 2.75) is 13.5 Å². The summed E-state index contributed by atoms with van der Waals surface area (Å²) in [5.74, 6) is 0.810. The first-order valence-corrected chi connectivity index (χ1v) is 9.75. The van der Waals surface area contributed by atoms with E-state index in [4.69, 9.17) is 15.2 Å². The van der Waals surface area contributed by atoms with Crippen molar-refractivity contribution < 1.29 is 14.3 Å². The number of carbonyl (C=O) groups is 1. The summed E-state index contributed by atoms with van der Waals surface area (Å²) in [6.07, 6.45) is 1.60. The van der Waals surface area contributed by atoms with E-state index >= 15 is 0 Å². The first-order valence-electron chi connectivity index (χ1n) is 9.75. The molecule has 0 spiro atoms. The number of primary amides is 1. The molecule has 0 unspecified atom stereocenters. The van der Waals surface area contributed by atoms with E-state index in [1.165, 1.54) is 7.11 Å². The summed E-state index contributed by atoms with van der Waals surface area (Å²) in [4.78, 5) is 25.3. The molecule has 0 atom stereocenters. The highest BCUT2D eigenvalue weighted by Gasteiger charge is 2.20. The topological polar surface area (TPSA) is 117 Å². The molecule has 0 aliphatic rings. The van der Waals surface area contributed by atoms with E-state index in [1.807, 2.05) is 37.3 Å². The van der Waals surface area contributed by atoms with Crippen molar-refractivity contribution in [2.24, 2.45) is 5.73 Å². The average molecular weight is 418 g/mol. The first kappa shape index (κ1) is 20.1. The van der Waals surface area contributed by atoms with Gasteiger partial charge in [-0.25, -0.2) is 9.55 Å². The third-order valence-electron chi connectivity index (χ3n) is 4.65. The first-order chi connectivity index (χ1) is 15.1. The number of amides is 1. The second-order valence-electron chi connectivity index (χ2n) is 6.63. The van der Waals surface area contributed by atoms with Gasteiger partial charge in [0.2, 0.25) is 5.95 Å². The maximum Gasteiger partial charge on any atom is 0.304 e. The Bertz CT molecular complexity index is 1220. The van der Waals surface area contributed by atoms with Crippen LogP contribution in [-0.2, 0) is 6.54 Å². The van der Waals surface area contributed by atoms with Crippen molar-refractivity contribution in [3.05, 3.63) is 65.9 Å². The number of nitrogens with two attached hydrogens (primary N) is 1. The fourth-order valence-corrected chi connectivity index (χ4v) is 3.25. The number of methoxy groups -OCH3 is 1. The van der Waals surface area contributed by atoms with Crippen LogP contribution in [0.25, 0.3) is 17.0 Å². The van der Waals surface area contributed by atoms with E-state index in [0.717, 1.165) is 5.56 Å². The normalized spacial score (nSPS) is 10.8. The minimum atomic E-state index is -0.573. The van der Waals surface area contributed by atoms with E-state index in [1.54, 1.807) is 29.0 Å². The number of aromatic nitrogens is 4. The molecule has 0 aliphatic heterocycles. The van der Waals surface area contributed by atoms with Gasteiger partial charge in [0.1, 0.15) is 5.52 Å². The Labute approximate surface area is 178 Å². The summed E-state index contributed by atoms with van der Waals surface area (Å²) in [5.41, 5.74) is 7.92. The second-order valence-corrected chi connectivity index (χ2v) is 6.63. The number of hydrogen-bond acceptors (Lipinski definition) is 7. The van der Waals surface area contributed by atoms with Crippen molar-refractivity contribution in [3.63, 3.8) is 0 Å². The van der Waals surface area contributed by atoms with Gasteiger partial charge in [0.15, 0.2) is 11.6 Å². The molecule has 0 saturated carbocycles. The molecule has 0 bridgehead atoms. The van der Waals surface area contributed by atoms with Gasteiger partial charge in [0.25, 0.3) is 5.91 Å². The number of nitrogens with one attached hydrogen (secondary N) is 1. The number of para-hydroxylation sites is 1. The van der Waals surface area contributed by atoms with Crippen LogP contribution in [0.2, 0.25) is 0 Å². The molecule has 0 saturated heterocycles. The Balaban J connectivity index is 1.80. The summed E-state index contributed by atoms with van der Waals surface area (Å²) >= 11 is 0. The predicted octanol–water partition coefficient (Wildman–Crippen LogP) is 2.93. The lowest BCUT2D eigenvalue weighted by Crippen LogP contribution is -2.11. The van der Waals surface area contributed by atoms with Crippen LogP contribution >= 0.6 is 0 Å². The third kappa shape index (κ3) is 3.97. The number of carbonyl (C=O) groups excluding carboxylic acids is 1. The van der Waals surface area contributed by atoms with Gasteiger partial charge < -0.3 is 20.5 Å².